The number of carbonyl (C=O) groups is 1. The van der Waals surface area contributed by atoms with E-state index in [1.807, 2.05) is 34.6 Å². The van der Waals surface area contributed by atoms with Crippen LogP contribution in [0.4, 0.5) is 4.79 Å². The van der Waals surface area contributed by atoms with Crippen LogP contribution in [-0.4, -0.2) is 24.8 Å². The van der Waals surface area contributed by atoms with Crippen molar-refractivity contribution in [3.63, 3.8) is 0 Å². The zero-order chi connectivity index (χ0) is 12.1. The van der Waals surface area contributed by atoms with E-state index in [2.05, 4.69) is 10.2 Å². The van der Waals surface area contributed by atoms with E-state index in [0.29, 0.717) is 13.2 Å². The van der Waals surface area contributed by atoms with E-state index < -0.39 is 11.7 Å². The van der Waals surface area contributed by atoms with Gasteiger partial charge in [0, 0.05) is 12.0 Å². The van der Waals surface area contributed by atoms with Crippen molar-refractivity contribution in [1.29, 1.82) is 0 Å². The maximum Gasteiger partial charge on any atom is 0.407 e. The first-order valence-corrected chi connectivity index (χ1v) is 4.95. The summed E-state index contributed by atoms with van der Waals surface area (Å²) in [5.41, 5.74) is -0.676. The summed E-state index contributed by atoms with van der Waals surface area (Å²) in [4.78, 5) is 15.9. The second kappa shape index (κ2) is 5.32. The van der Waals surface area contributed by atoms with Gasteiger partial charge in [-0.1, -0.05) is 13.8 Å². The summed E-state index contributed by atoms with van der Waals surface area (Å²) in [5, 5.41) is 2.67. The van der Waals surface area contributed by atoms with E-state index in [-0.39, 0.29) is 5.41 Å². The number of alkyl carbamates (subject to hydrolysis) is 1. The minimum Gasteiger partial charge on any atom is -0.444 e. The Morgan fingerprint density at radius 1 is 1.27 bits per heavy atom. The summed E-state index contributed by atoms with van der Waals surface area (Å²) in [7, 11) is 0. The van der Waals surface area contributed by atoms with Crippen molar-refractivity contribution in [3.05, 3.63) is 0 Å². The quantitative estimate of drug-likeness (QED) is 0.700. The topological polar surface area (TPSA) is 73.6 Å². The van der Waals surface area contributed by atoms with Crippen LogP contribution in [0, 0.1) is 5.41 Å². The molecule has 0 radical (unpaired) electrons. The molecule has 0 aliphatic rings. The highest BCUT2D eigenvalue weighted by Gasteiger charge is 2.21. The van der Waals surface area contributed by atoms with Crippen molar-refractivity contribution in [3.8, 4) is 0 Å². The van der Waals surface area contributed by atoms with Gasteiger partial charge >= 0.3 is 6.09 Å². The maximum absolute atomic E-state index is 11.3. The van der Waals surface area contributed by atoms with Gasteiger partial charge in [-0.15, -0.1) is 0 Å². The number of carbonyl (C=O) groups excluding carboxylic acids is 1. The van der Waals surface area contributed by atoms with E-state index in [9.17, 15) is 4.79 Å². The Hall–Kier alpha value is -0.810. The molecule has 0 atom stereocenters. The number of ether oxygens (including phenoxy) is 1. The highest BCUT2D eigenvalue weighted by molar-refractivity contribution is 5.67. The minimum atomic E-state index is -0.474. The molecular weight excluding hydrogens is 196 g/mol. The van der Waals surface area contributed by atoms with Crippen molar-refractivity contribution in [2.24, 2.45) is 11.3 Å². The first-order valence-electron chi connectivity index (χ1n) is 4.95. The van der Waals surface area contributed by atoms with Crippen LogP contribution in [0.2, 0.25) is 0 Å². The summed E-state index contributed by atoms with van der Waals surface area (Å²) in [6, 6.07) is 0. The second-order valence-electron chi connectivity index (χ2n) is 5.33. The van der Waals surface area contributed by atoms with Gasteiger partial charge in [-0.2, -0.15) is 0 Å². The van der Waals surface area contributed by atoms with Crippen LogP contribution in [0.5, 0.6) is 0 Å². The zero-order valence-corrected chi connectivity index (χ0v) is 10.2. The molecule has 0 aliphatic carbocycles. The average Bonchev–Trinajstić information content (AvgIpc) is 1.98. The Morgan fingerprint density at radius 2 is 1.80 bits per heavy atom. The third-order valence-corrected chi connectivity index (χ3v) is 1.58. The van der Waals surface area contributed by atoms with E-state index in [4.69, 9.17) is 10.6 Å². The van der Waals surface area contributed by atoms with Gasteiger partial charge in [-0.25, -0.2) is 10.7 Å². The fraction of sp³-hybridized carbons (Fsp3) is 0.900. The fourth-order valence-corrected chi connectivity index (χ4v) is 0.902. The van der Waals surface area contributed by atoms with Crippen LogP contribution in [0.1, 0.15) is 34.6 Å². The average molecular weight is 218 g/mol. The first kappa shape index (κ1) is 14.2. The molecule has 0 rings (SSSR count). The van der Waals surface area contributed by atoms with Crippen molar-refractivity contribution in [2.45, 2.75) is 40.2 Å². The lowest BCUT2D eigenvalue weighted by atomic mass is 9.95. The van der Waals surface area contributed by atoms with Gasteiger partial charge in [-0.05, 0) is 20.8 Å². The molecule has 0 aliphatic heterocycles. The van der Waals surface area contributed by atoms with E-state index in [0.717, 1.165) is 0 Å². The molecule has 1 amide bonds. The van der Waals surface area contributed by atoms with Gasteiger partial charge in [-0.3, -0.25) is 0 Å². The van der Waals surface area contributed by atoms with E-state index >= 15 is 0 Å². The molecule has 15 heavy (non-hydrogen) atoms. The Kier molecular flexibility index (Phi) is 5.03. The number of amides is 1. The number of hydrogen-bond acceptors (Lipinski definition) is 4. The molecule has 0 saturated heterocycles. The maximum atomic E-state index is 11.3. The Bertz CT molecular complexity index is 209. The van der Waals surface area contributed by atoms with Crippen molar-refractivity contribution in [2.75, 3.05) is 13.2 Å². The molecule has 0 spiro atoms. The van der Waals surface area contributed by atoms with Crippen LogP contribution in [0.25, 0.3) is 0 Å². The highest BCUT2D eigenvalue weighted by Crippen LogP contribution is 2.13. The number of nitrogens with two attached hydrogens (primary N) is 1. The van der Waals surface area contributed by atoms with Gasteiger partial charge in [0.25, 0.3) is 0 Å². The predicted octanol–water partition coefficient (Wildman–Crippen LogP) is 1.43. The molecule has 90 valence electrons. The summed E-state index contributed by atoms with van der Waals surface area (Å²) in [5.74, 6) is 4.98. The lowest BCUT2D eigenvalue weighted by Gasteiger charge is -2.25. The molecule has 0 saturated carbocycles. The van der Waals surface area contributed by atoms with Crippen molar-refractivity contribution in [1.82, 2.24) is 5.32 Å². The van der Waals surface area contributed by atoms with Crippen LogP contribution in [0.3, 0.4) is 0 Å². The first-order chi connectivity index (χ1) is 6.66. The minimum absolute atomic E-state index is 0.203. The molecule has 0 heterocycles. The van der Waals surface area contributed by atoms with Crippen molar-refractivity contribution >= 4 is 6.09 Å². The van der Waals surface area contributed by atoms with Crippen LogP contribution in [0.15, 0.2) is 0 Å². The third-order valence-electron chi connectivity index (χ3n) is 1.58. The number of hydrogen-bond donors (Lipinski definition) is 2. The molecule has 0 unspecified atom stereocenters. The predicted molar refractivity (Wildman–Crippen MR) is 58.2 cm³/mol. The molecule has 0 aromatic heterocycles. The lowest BCUT2D eigenvalue weighted by molar-refractivity contribution is 0.0405. The lowest BCUT2D eigenvalue weighted by Crippen LogP contribution is -2.40. The summed E-state index contributed by atoms with van der Waals surface area (Å²) >= 11 is 0. The Labute approximate surface area is 91.3 Å². The monoisotopic (exact) mass is 218 g/mol. The zero-order valence-electron chi connectivity index (χ0n) is 10.2. The van der Waals surface area contributed by atoms with Crippen LogP contribution < -0.4 is 11.2 Å². The number of nitrogens with one attached hydrogen (secondary N) is 1. The van der Waals surface area contributed by atoms with Gasteiger partial charge < -0.3 is 14.9 Å². The summed E-state index contributed by atoms with van der Waals surface area (Å²) < 4.78 is 5.09. The standard InChI is InChI=1S/C10H22N2O3/c1-9(2,3)15-8(13)12-6-10(4,5)7-14-11/h6-7,11H2,1-5H3,(H,12,13). The molecule has 5 nitrogen and oxygen atoms in total. The normalized spacial score (nSPS) is 12.4. The molecule has 0 aromatic carbocycles. The summed E-state index contributed by atoms with van der Waals surface area (Å²) in [6.45, 7) is 10.2. The fourth-order valence-electron chi connectivity index (χ4n) is 0.902. The second-order valence-corrected chi connectivity index (χ2v) is 5.33. The summed E-state index contributed by atoms with van der Waals surface area (Å²) in [6.07, 6.45) is -0.424. The van der Waals surface area contributed by atoms with Crippen LogP contribution in [-0.2, 0) is 9.57 Å². The largest absolute Gasteiger partial charge is 0.444 e. The van der Waals surface area contributed by atoms with E-state index in [1.165, 1.54) is 0 Å². The molecule has 0 bridgehead atoms. The SMILES string of the molecule is CC(C)(CNC(=O)OC(C)(C)C)CON. The van der Waals surface area contributed by atoms with Gasteiger partial charge in [0.05, 0.1) is 6.61 Å². The van der Waals surface area contributed by atoms with Crippen LogP contribution >= 0.6 is 0 Å². The third kappa shape index (κ3) is 8.20. The van der Waals surface area contributed by atoms with Gasteiger partial charge in [0.1, 0.15) is 5.60 Å². The smallest absolute Gasteiger partial charge is 0.407 e. The van der Waals surface area contributed by atoms with Gasteiger partial charge in [0.15, 0.2) is 0 Å². The Balaban J connectivity index is 3.90. The molecule has 5 heteroatoms. The molecule has 0 fully saturated rings. The molecular formula is C10H22N2O3. The molecule has 3 N–H and O–H groups in total. The number of rotatable bonds is 4. The van der Waals surface area contributed by atoms with E-state index in [1.54, 1.807) is 0 Å². The molecule has 0 aromatic rings. The van der Waals surface area contributed by atoms with Crippen molar-refractivity contribution < 1.29 is 14.4 Å². The van der Waals surface area contributed by atoms with Gasteiger partial charge in [0.2, 0.25) is 0 Å². The highest BCUT2D eigenvalue weighted by atomic mass is 16.6. The Morgan fingerprint density at radius 3 is 2.20 bits per heavy atom.